The minimum Gasteiger partial charge on any atom is -0.475 e. The zero-order valence-electron chi connectivity index (χ0n) is 20.2. The van der Waals surface area contributed by atoms with Crippen molar-refractivity contribution in [3.8, 4) is 17.3 Å². The number of aromatic nitrogens is 6. The van der Waals surface area contributed by atoms with Crippen molar-refractivity contribution < 1.29 is 22.6 Å². The van der Waals surface area contributed by atoms with Gasteiger partial charge >= 0.3 is 0 Å². The fourth-order valence-electron chi connectivity index (χ4n) is 3.74. The van der Waals surface area contributed by atoms with Crippen LogP contribution in [-0.2, 0) is 19.5 Å². The maximum atomic E-state index is 13.5. The Morgan fingerprint density at radius 1 is 1.20 bits per heavy atom. The number of hydrogen-bond donors (Lipinski definition) is 1. The minimum absolute atomic E-state index is 0.0438. The molecule has 3 atom stereocenters. The number of aryl methyl sites for hydroxylation is 1. The topological polar surface area (TPSA) is 143 Å². The van der Waals surface area contributed by atoms with Gasteiger partial charge in [0.1, 0.15) is 18.0 Å². The first-order chi connectivity index (χ1) is 16.7. The van der Waals surface area contributed by atoms with Crippen molar-refractivity contribution in [1.29, 1.82) is 0 Å². The summed E-state index contributed by atoms with van der Waals surface area (Å²) in [4.78, 5) is 12.9. The predicted octanol–water partition coefficient (Wildman–Crippen LogP) is 2.31. The Bertz CT molecular complexity index is 1260. The van der Waals surface area contributed by atoms with Crippen LogP contribution in [-0.4, -0.2) is 69.8 Å². The van der Waals surface area contributed by atoms with Gasteiger partial charge in [0.05, 0.1) is 24.3 Å². The first kappa shape index (κ1) is 24.9. The summed E-state index contributed by atoms with van der Waals surface area (Å²) in [5, 5.41) is 7.36. The lowest BCUT2D eigenvalue weighted by molar-refractivity contribution is 0.00152. The number of fused-ring (bicyclic) bond motifs is 3. The standard InChI is InChI=1S/C22H29N7O5S/c1-13(2)34-18(19-24-9-14(3)10-25-19)15(4)35(30,31)28-22-27-26-20-17-7-6-8-23-21(17)33-12-16(11-32-5)29(20)22/h6-10,13,15-16,18H,11-12H2,1-5H3,(H,27,28)/t15?,16-,18?/m1/s1. The normalized spacial score (nSPS) is 17.1. The number of anilines is 1. The third kappa shape index (κ3) is 5.26. The number of hydrogen-bond acceptors (Lipinski definition) is 10. The van der Waals surface area contributed by atoms with E-state index in [4.69, 9.17) is 14.2 Å². The van der Waals surface area contributed by atoms with Crippen molar-refractivity contribution in [2.24, 2.45) is 0 Å². The van der Waals surface area contributed by atoms with Crippen molar-refractivity contribution in [2.75, 3.05) is 25.0 Å². The highest BCUT2D eigenvalue weighted by atomic mass is 32.2. The van der Waals surface area contributed by atoms with Crippen molar-refractivity contribution in [2.45, 2.75) is 51.2 Å². The molecule has 12 nitrogen and oxygen atoms in total. The summed E-state index contributed by atoms with van der Waals surface area (Å²) in [6.07, 6.45) is 3.72. The number of ether oxygens (including phenoxy) is 3. The molecule has 0 aliphatic carbocycles. The van der Waals surface area contributed by atoms with E-state index in [0.717, 1.165) is 5.56 Å². The lowest BCUT2D eigenvalue weighted by Gasteiger charge is -2.26. The third-order valence-corrected chi connectivity index (χ3v) is 7.16. The molecule has 35 heavy (non-hydrogen) atoms. The molecule has 0 fully saturated rings. The molecule has 0 bridgehead atoms. The molecule has 0 aromatic carbocycles. The van der Waals surface area contributed by atoms with Gasteiger partial charge in [-0.25, -0.2) is 23.4 Å². The quantitative estimate of drug-likeness (QED) is 0.462. The van der Waals surface area contributed by atoms with E-state index in [1.54, 1.807) is 49.3 Å². The van der Waals surface area contributed by atoms with Gasteiger partial charge in [0.2, 0.25) is 21.9 Å². The summed E-state index contributed by atoms with van der Waals surface area (Å²) in [5.41, 5.74) is 1.46. The Hall–Kier alpha value is -3.16. The molecule has 4 heterocycles. The highest BCUT2D eigenvalue weighted by Crippen LogP contribution is 2.35. The van der Waals surface area contributed by atoms with E-state index >= 15 is 0 Å². The molecule has 1 N–H and O–H groups in total. The van der Waals surface area contributed by atoms with Crippen molar-refractivity contribution in [3.63, 3.8) is 0 Å². The van der Waals surface area contributed by atoms with Crippen LogP contribution in [0.4, 0.5) is 5.95 Å². The van der Waals surface area contributed by atoms with Gasteiger partial charge in [-0.1, -0.05) is 0 Å². The summed E-state index contributed by atoms with van der Waals surface area (Å²) in [7, 11) is -2.47. The highest BCUT2D eigenvalue weighted by molar-refractivity contribution is 7.93. The summed E-state index contributed by atoms with van der Waals surface area (Å²) < 4.78 is 48.5. The second-order valence-corrected chi connectivity index (χ2v) is 10.6. The molecule has 0 spiro atoms. The van der Waals surface area contributed by atoms with Gasteiger partial charge in [-0.2, -0.15) is 0 Å². The van der Waals surface area contributed by atoms with Crippen LogP contribution in [0.1, 0.15) is 44.3 Å². The van der Waals surface area contributed by atoms with Crippen molar-refractivity contribution in [3.05, 3.63) is 42.1 Å². The highest BCUT2D eigenvalue weighted by Gasteiger charge is 2.37. The van der Waals surface area contributed by atoms with Gasteiger partial charge in [-0.05, 0) is 45.4 Å². The van der Waals surface area contributed by atoms with E-state index in [2.05, 4.69) is 29.9 Å². The predicted molar refractivity (Wildman–Crippen MR) is 127 cm³/mol. The number of nitrogens with zero attached hydrogens (tertiary/aromatic N) is 6. The summed E-state index contributed by atoms with van der Waals surface area (Å²) >= 11 is 0. The van der Waals surface area contributed by atoms with Crippen LogP contribution in [0.2, 0.25) is 0 Å². The monoisotopic (exact) mass is 503 g/mol. The number of nitrogens with one attached hydrogen (secondary N) is 1. The smallest absolute Gasteiger partial charge is 0.240 e. The molecular weight excluding hydrogens is 474 g/mol. The van der Waals surface area contributed by atoms with Gasteiger partial charge in [-0.3, -0.25) is 9.29 Å². The van der Waals surface area contributed by atoms with E-state index in [1.165, 1.54) is 0 Å². The van der Waals surface area contributed by atoms with Crippen LogP contribution in [0.15, 0.2) is 30.7 Å². The Morgan fingerprint density at radius 2 is 1.94 bits per heavy atom. The van der Waals surface area contributed by atoms with Crippen LogP contribution >= 0.6 is 0 Å². The summed E-state index contributed by atoms with van der Waals surface area (Å²) in [5.74, 6) is 1.15. The van der Waals surface area contributed by atoms with Gasteiger partial charge in [0.15, 0.2) is 11.6 Å². The molecule has 13 heteroatoms. The van der Waals surface area contributed by atoms with E-state index < -0.39 is 27.4 Å². The molecule has 3 aromatic rings. The lowest BCUT2D eigenvalue weighted by atomic mass is 10.2. The molecule has 2 unspecified atom stereocenters. The first-order valence-electron chi connectivity index (χ1n) is 11.2. The van der Waals surface area contributed by atoms with Gasteiger partial charge < -0.3 is 14.2 Å². The SMILES string of the molecule is COC[C@@H]1COc2ncccc2-c2nnc(NS(=O)(=O)C(C)C(OC(C)C)c3ncc(C)cn3)n21. The number of pyridine rings is 1. The van der Waals surface area contributed by atoms with Gasteiger partial charge in [0, 0.05) is 25.7 Å². The van der Waals surface area contributed by atoms with Crippen LogP contribution in [0, 0.1) is 6.92 Å². The molecule has 188 valence electrons. The minimum atomic E-state index is -4.02. The van der Waals surface area contributed by atoms with Crippen LogP contribution in [0.3, 0.4) is 0 Å². The maximum Gasteiger partial charge on any atom is 0.240 e. The molecule has 0 radical (unpaired) electrons. The molecule has 1 aliphatic rings. The molecule has 1 aliphatic heterocycles. The van der Waals surface area contributed by atoms with Crippen LogP contribution in [0.5, 0.6) is 5.88 Å². The Kier molecular flexibility index (Phi) is 7.28. The van der Waals surface area contributed by atoms with E-state index in [9.17, 15) is 8.42 Å². The van der Waals surface area contributed by atoms with Crippen LogP contribution in [0.25, 0.3) is 11.4 Å². The first-order valence-corrected chi connectivity index (χ1v) is 12.7. The molecule has 0 saturated carbocycles. The maximum absolute atomic E-state index is 13.5. The molecule has 0 amide bonds. The number of methoxy groups -OCH3 is 1. The second-order valence-electron chi connectivity index (χ2n) is 8.57. The second kappa shape index (κ2) is 10.2. The largest absolute Gasteiger partial charge is 0.475 e. The molecule has 3 aromatic heterocycles. The van der Waals surface area contributed by atoms with E-state index in [0.29, 0.717) is 17.3 Å². The molecule has 4 rings (SSSR count). The fraction of sp³-hybridized carbons (Fsp3) is 0.500. The van der Waals surface area contributed by atoms with Crippen LogP contribution < -0.4 is 9.46 Å². The van der Waals surface area contributed by atoms with Crippen molar-refractivity contribution >= 4 is 16.0 Å². The average Bonchev–Trinajstić information content (AvgIpc) is 3.15. The third-order valence-electron chi connectivity index (χ3n) is 5.47. The zero-order chi connectivity index (χ0) is 25.2. The van der Waals surface area contributed by atoms with E-state index in [1.807, 2.05) is 20.8 Å². The van der Waals surface area contributed by atoms with Crippen molar-refractivity contribution in [1.82, 2.24) is 29.7 Å². The molecular formula is C22H29N7O5S. The number of sulfonamides is 1. The van der Waals surface area contributed by atoms with E-state index in [-0.39, 0.29) is 31.1 Å². The summed E-state index contributed by atoms with van der Waals surface area (Å²) in [6.45, 7) is 7.51. The molecule has 0 saturated heterocycles. The summed E-state index contributed by atoms with van der Waals surface area (Å²) in [6, 6.07) is 3.15. The average molecular weight is 504 g/mol. The fourth-order valence-corrected chi connectivity index (χ4v) is 4.83. The lowest BCUT2D eigenvalue weighted by Crippen LogP contribution is -2.35. The number of rotatable bonds is 9. The Balaban J connectivity index is 1.70. The zero-order valence-corrected chi connectivity index (χ0v) is 21.1. The van der Waals surface area contributed by atoms with Gasteiger partial charge in [-0.15, -0.1) is 10.2 Å². The Morgan fingerprint density at radius 3 is 2.63 bits per heavy atom. The Labute approximate surface area is 204 Å². The van der Waals surface area contributed by atoms with Gasteiger partial charge in [0.25, 0.3) is 0 Å².